The van der Waals surface area contributed by atoms with Gasteiger partial charge in [0.25, 0.3) is 10.1 Å². The summed E-state index contributed by atoms with van der Waals surface area (Å²) in [4.78, 5) is 11.7. The van der Waals surface area contributed by atoms with Gasteiger partial charge in [0, 0.05) is 24.0 Å². The van der Waals surface area contributed by atoms with E-state index in [4.69, 9.17) is 4.74 Å². The first-order chi connectivity index (χ1) is 12.3. The molecule has 0 spiro atoms. The van der Waals surface area contributed by atoms with Gasteiger partial charge in [-0.1, -0.05) is 6.08 Å². The zero-order valence-electron chi connectivity index (χ0n) is 16.2. The van der Waals surface area contributed by atoms with Gasteiger partial charge in [0.1, 0.15) is 5.60 Å². The van der Waals surface area contributed by atoms with E-state index >= 15 is 0 Å². The Kier molecular flexibility index (Phi) is 8.02. The Morgan fingerprint density at radius 2 is 1.85 bits per heavy atom. The number of nitrogens with one attached hydrogen (secondary N) is 1. The van der Waals surface area contributed by atoms with Crippen LogP contribution in [0, 0.1) is 0 Å². The molecule has 1 amide bonds. The summed E-state index contributed by atoms with van der Waals surface area (Å²) in [7, 11) is -6.56. The Bertz CT molecular complexity index is 780. The van der Waals surface area contributed by atoms with Gasteiger partial charge in [-0.05, 0) is 46.6 Å². The van der Waals surface area contributed by atoms with Crippen molar-refractivity contribution in [3.05, 3.63) is 23.0 Å². The van der Waals surface area contributed by atoms with Crippen LogP contribution in [0.2, 0.25) is 0 Å². The summed E-state index contributed by atoms with van der Waals surface area (Å²) in [6.45, 7) is 7.07. The van der Waals surface area contributed by atoms with Crippen molar-refractivity contribution in [2.75, 3.05) is 13.7 Å². The zero-order chi connectivity index (χ0) is 20.9. The van der Waals surface area contributed by atoms with Gasteiger partial charge in [0.05, 0.1) is 12.5 Å². The minimum atomic E-state index is -3.81. The molecule has 11 heteroatoms. The molecule has 0 bridgehead atoms. The molecule has 1 saturated heterocycles. The summed E-state index contributed by atoms with van der Waals surface area (Å²) in [6, 6.07) is -1.14. The van der Waals surface area contributed by atoms with Crippen molar-refractivity contribution in [3.63, 3.8) is 0 Å². The van der Waals surface area contributed by atoms with Crippen LogP contribution in [0.15, 0.2) is 23.0 Å². The van der Waals surface area contributed by atoms with Crippen molar-refractivity contribution < 1.29 is 30.6 Å². The molecule has 1 fully saturated rings. The van der Waals surface area contributed by atoms with Gasteiger partial charge in [0.15, 0.2) is 0 Å². The van der Waals surface area contributed by atoms with E-state index < -0.39 is 43.9 Å². The van der Waals surface area contributed by atoms with Gasteiger partial charge in [0.2, 0.25) is 10.0 Å². The number of hydrogen-bond donors (Lipinski definition) is 1. The molecule has 0 aromatic carbocycles. The van der Waals surface area contributed by atoms with Crippen LogP contribution in [0.25, 0.3) is 0 Å². The highest BCUT2D eigenvalue weighted by molar-refractivity contribution is 7.92. The topological polar surface area (TPSA) is 119 Å². The largest absolute Gasteiger partial charge is 0.444 e. The van der Waals surface area contributed by atoms with Crippen molar-refractivity contribution in [1.82, 2.24) is 9.62 Å². The summed E-state index contributed by atoms with van der Waals surface area (Å²) in [5.41, 5.74) is -0.656. The first kappa shape index (κ1) is 23.6. The Labute approximate surface area is 161 Å². The van der Waals surface area contributed by atoms with Crippen LogP contribution < -0.4 is 5.32 Å². The molecule has 0 aliphatic carbocycles. The Hall–Kier alpha value is -1.43. The second-order valence-corrected chi connectivity index (χ2v) is 10.5. The number of nitrogens with zero attached hydrogens (tertiary/aromatic N) is 1. The summed E-state index contributed by atoms with van der Waals surface area (Å²) < 4.78 is 58.5. The molecule has 156 valence electrons. The lowest BCUT2D eigenvalue weighted by atomic mass is 10.2. The van der Waals surface area contributed by atoms with Gasteiger partial charge in [-0.25, -0.2) is 13.2 Å². The number of sulfonamides is 1. The lowest BCUT2D eigenvalue weighted by molar-refractivity contribution is 0.0518. The Balaban J connectivity index is 2.78. The molecular weight excluding hydrogens is 396 g/mol. The van der Waals surface area contributed by atoms with E-state index in [0.29, 0.717) is 12.8 Å². The molecule has 9 nitrogen and oxygen atoms in total. The molecule has 1 rings (SSSR count). The highest BCUT2D eigenvalue weighted by Crippen LogP contribution is 2.23. The lowest BCUT2D eigenvalue weighted by Crippen LogP contribution is -2.37. The number of carbonyl (C=O) groups is 1. The second-order valence-electron chi connectivity index (χ2n) is 7.12. The van der Waals surface area contributed by atoms with Crippen molar-refractivity contribution in [2.45, 2.75) is 58.2 Å². The van der Waals surface area contributed by atoms with Crippen LogP contribution in [0.1, 0.15) is 40.5 Å². The van der Waals surface area contributed by atoms with Gasteiger partial charge < -0.3 is 10.1 Å². The number of carbonyl (C=O) groups excluding carboxylic acids is 1. The average molecular weight is 425 g/mol. The van der Waals surface area contributed by atoms with Crippen LogP contribution in [-0.4, -0.2) is 58.6 Å². The highest BCUT2D eigenvalue weighted by atomic mass is 32.2. The molecule has 0 saturated carbocycles. The van der Waals surface area contributed by atoms with Crippen LogP contribution in [0.3, 0.4) is 0 Å². The van der Waals surface area contributed by atoms with E-state index in [1.165, 1.54) is 16.5 Å². The van der Waals surface area contributed by atoms with Crippen LogP contribution in [0.4, 0.5) is 4.79 Å². The highest BCUT2D eigenvalue weighted by Gasteiger charge is 2.31. The third-order valence-corrected chi connectivity index (χ3v) is 6.12. The lowest BCUT2D eigenvalue weighted by Gasteiger charge is -2.21. The van der Waals surface area contributed by atoms with Gasteiger partial charge in [-0.15, -0.1) is 0 Å². The van der Waals surface area contributed by atoms with E-state index in [-0.39, 0.29) is 6.54 Å². The van der Waals surface area contributed by atoms with Crippen molar-refractivity contribution in [1.29, 1.82) is 0 Å². The average Bonchev–Trinajstić information content (AvgIpc) is 2.99. The maximum atomic E-state index is 12.5. The molecule has 1 heterocycles. The number of rotatable bonds is 7. The predicted molar refractivity (Wildman–Crippen MR) is 102 cm³/mol. The van der Waals surface area contributed by atoms with E-state index in [1.54, 1.807) is 27.7 Å². The Morgan fingerprint density at radius 3 is 2.41 bits per heavy atom. The summed E-state index contributed by atoms with van der Waals surface area (Å²) in [5, 5.41) is 4.39. The predicted octanol–water partition coefficient (Wildman–Crippen LogP) is 1.70. The van der Waals surface area contributed by atoms with E-state index in [2.05, 4.69) is 9.50 Å². The fraction of sp³-hybridized carbons (Fsp3) is 0.688. The minimum absolute atomic E-state index is 0.280. The SMILES string of the molecule is COS(=O)(=O)/C=C/[C@@H]1CCCN1S(=O)(=O)/C=C/[C@H](C)NC(=O)OC(C)(C)C. The molecule has 2 atom stereocenters. The number of amides is 1. The molecule has 1 aliphatic heterocycles. The molecule has 0 radical (unpaired) electrons. The van der Waals surface area contributed by atoms with E-state index in [9.17, 15) is 21.6 Å². The summed E-state index contributed by atoms with van der Waals surface area (Å²) >= 11 is 0. The Morgan fingerprint density at radius 1 is 1.22 bits per heavy atom. The first-order valence-electron chi connectivity index (χ1n) is 8.44. The van der Waals surface area contributed by atoms with Crippen molar-refractivity contribution in [3.8, 4) is 0 Å². The minimum Gasteiger partial charge on any atom is -0.444 e. The standard InChI is InChI=1S/C16H28N2O7S2/c1-13(17-15(19)25-16(2,3)4)8-11-26(20,21)18-10-6-7-14(18)9-12-27(22,23)24-5/h8-9,11-14H,6-7,10H2,1-5H3,(H,17,19)/b11-8+,12-9+/t13-,14-/m0/s1. The zero-order valence-corrected chi connectivity index (χ0v) is 17.8. The maximum absolute atomic E-state index is 12.5. The molecule has 1 aliphatic rings. The fourth-order valence-corrected chi connectivity index (χ4v) is 4.37. The molecule has 27 heavy (non-hydrogen) atoms. The van der Waals surface area contributed by atoms with Crippen molar-refractivity contribution in [2.24, 2.45) is 0 Å². The number of hydrogen-bond acceptors (Lipinski definition) is 7. The summed E-state index contributed by atoms with van der Waals surface area (Å²) in [6.07, 6.45) is 3.11. The fourth-order valence-electron chi connectivity index (χ4n) is 2.35. The monoisotopic (exact) mass is 424 g/mol. The van der Waals surface area contributed by atoms with Crippen LogP contribution in [-0.2, 0) is 29.1 Å². The van der Waals surface area contributed by atoms with Crippen LogP contribution in [0.5, 0.6) is 0 Å². The smallest absolute Gasteiger partial charge is 0.408 e. The van der Waals surface area contributed by atoms with Gasteiger partial charge in [-0.2, -0.15) is 12.7 Å². The molecular formula is C16H28N2O7S2. The van der Waals surface area contributed by atoms with Crippen LogP contribution >= 0.6 is 0 Å². The van der Waals surface area contributed by atoms with Gasteiger partial charge in [-0.3, -0.25) is 4.18 Å². The van der Waals surface area contributed by atoms with E-state index in [0.717, 1.165) is 17.9 Å². The maximum Gasteiger partial charge on any atom is 0.408 e. The third kappa shape index (κ3) is 8.41. The molecule has 0 unspecified atom stereocenters. The van der Waals surface area contributed by atoms with Crippen molar-refractivity contribution >= 4 is 26.2 Å². The molecule has 0 aromatic heterocycles. The summed E-state index contributed by atoms with van der Waals surface area (Å²) in [5.74, 6) is 0. The first-order valence-corrected chi connectivity index (χ1v) is 11.4. The van der Waals surface area contributed by atoms with E-state index in [1.807, 2.05) is 0 Å². The molecule has 1 N–H and O–H groups in total. The van der Waals surface area contributed by atoms with Gasteiger partial charge >= 0.3 is 6.09 Å². The second kappa shape index (κ2) is 9.18. The number of alkyl carbamates (subject to hydrolysis) is 1. The molecule has 0 aromatic rings. The quantitative estimate of drug-likeness (QED) is 0.618. The number of ether oxygens (including phenoxy) is 1. The third-order valence-electron chi connectivity index (χ3n) is 3.56. The normalized spacial score (nSPS) is 21.0.